The van der Waals surface area contributed by atoms with Gasteiger partial charge in [0, 0.05) is 22.3 Å². The van der Waals surface area contributed by atoms with Gasteiger partial charge in [0.25, 0.3) is 5.91 Å². The number of rotatable bonds is 3. The van der Waals surface area contributed by atoms with Crippen LogP contribution >= 0.6 is 11.3 Å². The van der Waals surface area contributed by atoms with E-state index < -0.39 is 0 Å². The number of nitrogens with one attached hydrogen (secondary N) is 1. The third-order valence-electron chi connectivity index (χ3n) is 2.90. The van der Waals surface area contributed by atoms with Gasteiger partial charge in [-0.25, -0.2) is 4.98 Å². The molecule has 1 aromatic heterocycles. The lowest BCUT2D eigenvalue weighted by molar-refractivity contribution is 0.102. The molecule has 2 aromatic carbocycles. The van der Waals surface area contributed by atoms with E-state index in [-0.39, 0.29) is 5.91 Å². The highest BCUT2D eigenvalue weighted by Gasteiger charge is 2.12. The smallest absolute Gasteiger partial charge is 0.275 e. The summed E-state index contributed by atoms with van der Waals surface area (Å²) in [6.45, 7) is 0. The van der Waals surface area contributed by atoms with Crippen LogP contribution in [-0.4, -0.2) is 10.9 Å². The molecule has 104 valence electrons. The van der Waals surface area contributed by atoms with Crippen molar-refractivity contribution in [1.82, 2.24) is 4.98 Å². The zero-order valence-corrected chi connectivity index (χ0v) is 11.9. The van der Waals surface area contributed by atoms with E-state index in [1.807, 2.05) is 54.6 Å². The zero-order valence-electron chi connectivity index (χ0n) is 11.1. The van der Waals surface area contributed by atoms with Crippen molar-refractivity contribution in [2.75, 3.05) is 11.1 Å². The first-order chi connectivity index (χ1) is 10.2. The quantitative estimate of drug-likeness (QED) is 0.725. The summed E-state index contributed by atoms with van der Waals surface area (Å²) in [5, 5.41) is 5.34. The van der Waals surface area contributed by atoms with E-state index in [4.69, 9.17) is 5.73 Å². The summed E-state index contributed by atoms with van der Waals surface area (Å²) in [7, 11) is 0. The molecule has 1 heterocycles. The third-order valence-corrected chi connectivity index (χ3v) is 3.79. The number of anilines is 2. The molecule has 0 fully saturated rings. The Kier molecular flexibility index (Phi) is 3.66. The second-order valence-corrected chi connectivity index (χ2v) is 5.34. The first-order valence-corrected chi connectivity index (χ1v) is 7.28. The number of nitrogen functional groups attached to an aromatic ring is 1. The number of aromatic nitrogens is 1. The topological polar surface area (TPSA) is 68.0 Å². The largest absolute Gasteiger partial charge is 0.399 e. The molecule has 0 bridgehead atoms. The Morgan fingerprint density at radius 2 is 1.90 bits per heavy atom. The van der Waals surface area contributed by atoms with Crippen LogP contribution in [0.2, 0.25) is 0 Å². The molecule has 0 aliphatic heterocycles. The summed E-state index contributed by atoms with van der Waals surface area (Å²) in [5.41, 5.74) is 8.51. The van der Waals surface area contributed by atoms with Gasteiger partial charge in [-0.1, -0.05) is 30.3 Å². The van der Waals surface area contributed by atoms with Crippen molar-refractivity contribution < 1.29 is 4.79 Å². The molecule has 0 aliphatic carbocycles. The summed E-state index contributed by atoms with van der Waals surface area (Å²) < 4.78 is 0. The summed E-state index contributed by atoms with van der Waals surface area (Å²) in [6.07, 6.45) is 0. The highest BCUT2D eigenvalue weighted by atomic mass is 32.1. The number of benzene rings is 2. The van der Waals surface area contributed by atoms with Crippen LogP contribution in [0.3, 0.4) is 0 Å². The maximum atomic E-state index is 12.1. The number of carbonyl (C=O) groups excluding carboxylic acids is 1. The van der Waals surface area contributed by atoms with Crippen LogP contribution in [0.1, 0.15) is 10.5 Å². The standard InChI is InChI=1S/C16H13N3OS/c17-12-6-4-5-11(9-12)16-19-14(10-21-16)15(20)18-13-7-2-1-3-8-13/h1-10H,17H2,(H,18,20). The predicted molar refractivity (Wildman–Crippen MR) is 86.4 cm³/mol. The Morgan fingerprint density at radius 1 is 1.10 bits per heavy atom. The second-order valence-electron chi connectivity index (χ2n) is 4.48. The van der Waals surface area contributed by atoms with Gasteiger partial charge < -0.3 is 11.1 Å². The highest BCUT2D eigenvalue weighted by molar-refractivity contribution is 7.13. The van der Waals surface area contributed by atoms with E-state index in [1.165, 1.54) is 11.3 Å². The molecule has 0 unspecified atom stereocenters. The van der Waals surface area contributed by atoms with Crippen LogP contribution in [0.5, 0.6) is 0 Å². The van der Waals surface area contributed by atoms with E-state index in [0.717, 1.165) is 16.3 Å². The van der Waals surface area contributed by atoms with Crippen LogP contribution in [0.4, 0.5) is 11.4 Å². The Bertz CT molecular complexity index is 768. The van der Waals surface area contributed by atoms with Gasteiger partial charge in [-0.05, 0) is 24.3 Å². The number of nitrogens with two attached hydrogens (primary N) is 1. The minimum Gasteiger partial charge on any atom is -0.399 e. The van der Waals surface area contributed by atoms with E-state index in [0.29, 0.717) is 11.4 Å². The first kappa shape index (κ1) is 13.3. The summed E-state index contributed by atoms with van der Waals surface area (Å²) in [6, 6.07) is 16.8. The van der Waals surface area contributed by atoms with E-state index in [1.54, 1.807) is 5.38 Å². The van der Waals surface area contributed by atoms with Crippen molar-refractivity contribution in [1.29, 1.82) is 0 Å². The van der Waals surface area contributed by atoms with Crippen molar-refractivity contribution in [2.24, 2.45) is 0 Å². The van der Waals surface area contributed by atoms with Crippen molar-refractivity contribution in [3.05, 3.63) is 65.7 Å². The van der Waals surface area contributed by atoms with Crippen molar-refractivity contribution in [3.8, 4) is 10.6 Å². The van der Waals surface area contributed by atoms with Crippen molar-refractivity contribution >= 4 is 28.6 Å². The molecule has 0 aliphatic rings. The van der Waals surface area contributed by atoms with Gasteiger partial charge in [-0.3, -0.25) is 4.79 Å². The minimum absolute atomic E-state index is 0.215. The minimum atomic E-state index is -0.215. The van der Waals surface area contributed by atoms with Crippen LogP contribution in [0, 0.1) is 0 Å². The predicted octanol–water partition coefficient (Wildman–Crippen LogP) is 3.64. The molecule has 3 rings (SSSR count). The maximum Gasteiger partial charge on any atom is 0.275 e. The molecule has 0 spiro atoms. The Labute approximate surface area is 126 Å². The van der Waals surface area contributed by atoms with Crippen LogP contribution in [0.15, 0.2) is 60.0 Å². The monoisotopic (exact) mass is 295 g/mol. The molecule has 3 aromatic rings. The van der Waals surface area contributed by atoms with Crippen molar-refractivity contribution in [2.45, 2.75) is 0 Å². The fourth-order valence-corrected chi connectivity index (χ4v) is 2.70. The van der Waals surface area contributed by atoms with Gasteiger partial charge in [0.15, 0.2) is 0 Å². The van der Waals surface area contributed by atoms with Crippen molar-refractivity contribution in [3.63, 3.8) is 0 Å². The van der Waals surface area contributed by atoms with Gasteiger partial charge in [0.05, 0.1) is 0 Å². The fourth-order valence-electron chi connectivity index (χ4n) is 1.90. The molecule has 3 N–H and O–H groups in total. The van der Waals surface area contributed by atoms with E-state index >= 15 is 0 Å². The van der Waals surface area contributed by atoms with Gasteiger partial charge >= 0.3 is 0 Å². The van der Waals surface area contributed by atoms with Crippen LogP contribution in [0.25, 0.3) is 10.6 Å². The second kappa shape index (κ2) is 5.76. The summed E-state index contributed by atoms with van der Waals surface area (Å²) >= 11 is 1.42. The molecule has 0 atom stereocenters. The lowest BCUT2D eigenvalue weighted by Crippen LogP contribution is -2.12. The third kappa shape index (κ3) is 3.09. The molecule has 0 saturated carbocycles. The van der Waals surface area contributed by atoms with Gasteiger partial charge in [0.1, 0.15) is 10.7 Å². The average Bonchev–Trinajstić information content (AvgIpc) is 2.98. The highest BCUT2D eigenvalue weighted by Crippen LogP contribution is 2.25. The molecule has 21 heavy (non-hydrogen) atoms. The van der Waals surface area contributed by atoms with E-state index in [2.05, 4.69) is 10.3 Å². The molecule has 0 saturated heterocycles. The molecule has 4 nitrogen and oxygen atoms in total. The number of para-hydroxylation sites is 1. The maximum absolute atomic E-state index is 12.1. The lowest BCUT2D eigenvalue weighted by atomic mass is 10.2. The molecule has 1 amide bonds. The Hall–Kier alpha value is -2.66. The SMILES string of the molecule is Nc1cccc(-c2nc(C(=O)Nc3ccccc3)cs2)c1. The van der Waals surface area contributed by atoms with Crippen LogP contribution in [-0.2, 0) is 0 Å². The summed E-state index contributed by atoms with van der Waals surface area (Å²) in [4.78, 5) is 16.5. The summed E-state index contributed by atoms with van der Waals surface area (Å²) in [5.74, 6) is -0.215. The van der Waals surface area contributed by atoms with Crippen LogP contribution < -0.4 is 11.1 Å². The normalized spacial score (nSPS) is 10.3. The number of thiazole rings is 1. The van der Waals surface area contributed by atoms with E-state index in [9.17, 15) is 4.79 Å². The van der Waals surface area contributed by atoms with Gasteiger partial charge in [-0.2, -0.15) is 0 Å². The number of hydrogen-bond acceptors (Lipinski definition) is 4. The Morgan fingerprint density at radius 3 is 2.67 bits per heavy atom. The number of amides is 1. The average molecular weight is 295 g/mol. The molecular weight excluding hydrogens is 282 g/mol. The first-order valence-electron chi connectivity index (χ1n) is 6.40. The number of hydrogen-bond donors (Lipinski definition) is 2. The number of carbonyl (C=O) groups is 1. The van der Waals surface area contributed by atoms with Gasteiger partial charge in [-0.15, -0.1) is 11.3 Å². The fraction of sp³-hybridized carbons (Fsp3) is 0. The molecule has 5 heteroatoms. The Balaban J connectivity index is 1.80. The zero-order chi connectivity index (χ0) is 14.7. The molecule has 0 radical (unpaired) electrons. The lowest BCUT2D eigenvalue weighted by Gasteiger charge is -2.02. The molecular formula is C16H13N3OS. The number of nitrogens with zero attached hydrogens (tertiary/aromatic N) is 1. The van der Waals surface area contributed by atoms with Gasteiger partial charge in [0.2, 0.25) is 0 Å².